The van der Waals surface area contributed by atoms with Crippen molar-refractivity contribution in [2.45, 2.75) is 11.8 Å². The van der Waals surface area contributed by atoms with Crippen molar-refractivity contribution in [3.8, 4) is 0 Å². The SMILES string of the molecule is Cc1ccc(NS(=O)(=O)c2ccc(Br)cc2)cc1Br. The van der Waals surface area contributed by atoms with Crippen LogP contribution in [-0.4, -0.2) is 8.42 Å². The van der Waals surface area contributed by atoms with Gasteiger partial charge in [-0.2, -0.15) is 0 Å². The molecule has 0 atom stereocenters. The van der Waals surface area contributed by atoms with Gasteiger partial charge in [0.1, 0.15) is 0 Å². The smallest absolute Gasteiger partial charge is 0.261 e. The average Bonchev–Trinajstić information content (AvgIpc) is 2.34. The molecule has 6 heteroatoms. The molecule has 0 aliphatic heterocycles. The van der Waals surface area contributed by atoms with Gasteiger partial charge in [0, 0.05) is 14.6 Å². The van der Waals surface area contributed by atoms with E-state index in [0.29, 0.717) is 5.69 Å². The van der Waals surface area contributed by atoms with Gasteiger partial charge in [-0.1, -0.05) is 37.9 Å². The molecule has 0 fully saturated rings. The summed E-state index contributed by atoms with van der Waals surface area (Å²) in [6.45, 7) is 1.94. The summed E-state index contributed by atoms with van der Waals surface area (Å²) in [5.41, 5.74) is 1.58. The minimum absolute atomic E-state index is 0.229. The number of sulfonamides is 1. The van der Waals surface area contributed by atoms with Crippen molar-refractivity contribution >= 4 is 47.6 Å². The van der Waals surface area contributed by atoms with E-state index in [9.17, 15) is 8.42 Å². The molecule has 19 heavy (non-hydrogen) atoms. The molecule has 0 saturated carbocycles. The topological polar surface area (TPSA) is 46.2 Å². The van der Waals surface area contributed by atoms with E-state index in [1.165, 1.54) is 0 Å². The van der Waals surface area contributed by atoms with Crippen molar-refractivity contribution in [2.24, 2.45) is 0 Å². The Bertz CT molecular complexity index is 697. The molecule has 0 bridgehead atoms. The quantitative estimate of drug-likeness (QED) is 0.827. The molecule has 2 aromatic rings. The van der Waals surface area contributed by atoms with Crippen molar-refractivity contribution in [1.82, 2.24) is 0 Å². The first-order valence-electron chi connectivity index (χ1n) is 5.43. The Hall–Kier alpha value is -0.850. The second kappa shape index (κ2) is 5.64. The number of benzene rings is 2. The lowest BCUT2D eigenvalue weighted by atomic mass is 10.2. The highest BCUT2D eigenvalue weighted by Crippen LogP contribution is 2.23. The summed E-state index contributed by atoms with van der Waals surface area (Å²) < 4.78 is 28.6. The molecule has 0 unspecified atom stereocenters. The minimum atomic E-state index is -3.55. The first-order valence-corrected chi connectivity index (χ1v) is 8.50. The zero-order valence-corrected chi connectivity index (χ0v) is 14.0. The Morgan fingerprint density at radius 3 is 2.21 bits per heavy atom. The van der Waals surface area contributed by atoms with Crippen molar-refractivity contribution in [1.29, 1.82) is 0 Å². The van der Waals surface area contributed by atoms with Gasteiger partial charge in [-0.05, 0) is 48.9 Å². The molecule has 1 N–H and O–H groups in total. The second-order valence-corrected chi connectivity index (χ2v) is 7.48. The number of hydrogen-bond donors (Lipinski definition) is 1. The van der Waals surface area contributed by atoms with Crippen molar-refractivity contribution < 1.29 is 8.42 Å². The fourth-order valence-electron chi connectivity index (χ4n) is 1.48. The van der Waals surface area contributed by atoms with Crippen molar-refractivity contribution in [2.75, 3.05) is 4.72 Å². The van der Waals surface area contributed by atoms with E-state index in [2.05, 4.69) is 36.6 Å². The maximum atomic E-state index is 12.2. The molecule has 0 heterocycles. The molecule has 2 rings (SSSR count). The van der Waals surface area contributed by atoms with Gasteiger partial charge in [0.15, 0.2) is 0 Å². The zero-order chi connectivity index (χ0) is 14.0. The first-order chi connectivity index (χ1) is 8.88. The third-order valence-corrected chi connectivity index (χ3v) is 5.33. The van der Waals surface area contributed by atoms with E-state index in [1.807, 2.05) is 13.0 Å². The fourth-order valence-corrected chi connectivity index (χ4v) is 3.18. The molecule has 0 saturated heterocycles. The predicted octanol–water partition coefficient (Wildman–Crippen LogP) is 4.32. The summed E-state index contributed by atoms with van der Waals surface area (Å²) in [4.78, 5) is 0.229. The summed E-state index contributed by atoms with van der Waals surface area (Å²) in [5, 5.41) is 0. The van der Waals surface area contributed by atoms with E-state index in [1.54, 1.807) is 36.4 Å². The van der Waals surface area contributed by atoms with Gasteiger partial charge in [0.05, 0.1) is 4.90 Å². The number of halogens is 2. The largest absolute Gasteiger partial charge is 0.280 e. The van der Waals surface area contributed by atoms with Gasteiger partial charge in [0.25, 0.3) is 10.0 Å². The molecule has 0 aromatic heterocycles. The third kappa shape index (κ3) is 3.58. The molecule has 3 nitrogen and oxygen atoms in total. The molecule has 2 aromatic carbocycles. The van der Waals surface area contributed by atoms with Crippen LogP contribution in [0.15, 0.2) is 56.3 Å². The van der Waals surface area contributed by atoms with Crippen LogP contribution in [-0.2, 0) is 10.0 Å². The maximum absolute atomic E-state index is 12.2. The predicted molar refractivity (Wildman–Crippen MR) is 83.8 cm³/mol. The standard InChI is InChI=1S/C13H11Br2NO2S/c1-9-2-5-11(8-13(9)15)16-19(17,18)12-6-3-10(14)4-7-12/h2-8,16H,1H3. The lowest BCUT2D eigenvalue weighted by molar-refractivity contribution is 0.601. The Labute approximate surface area is 129 Å². The van der Waals surface area contributed by atoms with Crippen molar-refractivity contribution in [3.63, 3.8) is 0 Å². The summed E-state index contributed by atoms with van der Waals surface area (Å²) in [6, 6.07) is 11.8. The van der Waals surface area contributed by atoms with E-state index in [0.717, 1.165) is 14.5 Å². The van der Waals surface area contributed by atoms with Crippen LogP contribution in [0.2, 0.25) is 0 Å². The normalized spacial score (nSPS) is 11.3. The Kier molecular flexibility index (Phi) is 4.32. The van der Waals surface area contributed by atoms with Crippen molar-refractivity contribution in [3.05, 3.63) is 57.0 Å². The summed E-state index contributed by atoms with van der Waals surface area (Å²) in [7, 11) is -3.55. The molecular formula is C13H11Br2NO2S. The zero-order valence-electron chi connectivity index (χ0n) is 10.0. The monoisotopic (exact) mass is 403 g/mol. The van der Waals surface area contributed by atoms with E-state index in [-0.39, 0.29) is 4.90 Å². The van der Waals surface area contributed by atoms with Gasteiger partial charge in [-0.15, -0.1) is 0 Å². The molecule has 0 aliphatic carbocycles. The Balaban J connectivity index is 2.30. The number of anilines is 1. The third-order valence-electron chi connectivity index (χ3n) is 2.55. The van der Waals surface area contributed by atoms with Crippen LogP contribution >= 0.6 is 31.9 Å². The summed E-state index contributed by atoms with van der Waals surface area (Å²) in [6.07, 6.45) is 0. The molecule has 0 spiro atoms. The van der Waals surface area contributed by atoms with Gasteiger partial charge in [0.2, 0.25) is 0 Å². The lowest BCUT2D eigenvalue weighted by Gasteiger charge is -2.09. The Morgan fingerprint density at radius 1 is 1.00 bits per heavy atom. The lowest BCUT2D eigenvalue weighted by Crippen LogP contribution is -2.12. The summed E-state index contributed by atoms with van der Waals surface area (Å²) in [5.74, 6) is 0. The molecule has 0 aliphatic rings. The highest BCUT2D eigenvalue weighted by atomic mass is 79.9. The van der Waals surface area contributed by atoms with Gasteiger partial charge in [-0.3, -0.25) is 4.72 Å². The number of aryl methyl sites for hydroxylation is 1. The van der Waals surface area contributed by atoms with Crippen LogP contribution in [0.1, 0.15) is 5.56 Å². The second-order valence-electron chi connectivity index (χ2n) is 4.02. The van der Waals surface area contributed by atoms with Crippen LogP contribution < -0.4 is 4.72 Å². The molecule has 0 radical (unpaired) electrons. The molecular weight excluding hydrogens is 394 g/mol. The minimum Gasteiger partial charge on any atom is -0.280 e. The van der Waals surface area contributed by atoms with Gasteiger partial charge in [-0.25, -0.2) is 8.42 Å². The van der Waals surface area contributed by atoms with E-state index in [4.69, 9.17) is 0 Å². The number of nitrogens with one attached hydrogen (secondary N) is 1. The molecule has 0 amide bonds. The highest BCUT2D eigenvalue weighted by molar-refractivity contribution is 9.10. The number of hydrogen-bond acceptors (Lipinski definition) is 2. The fraction of sp³-hybridized carbons (Fsp3) is 0.0769. The van der Waals surface area contributed by atoms with Crippen LogP contribution in [0.5, 0.6) is 0 Å². The van der Waals surface area contributed by atoms with Crippen LogP contribution in [0.3, 0.4) is 0 Å². The number of rotatable bonds is 3. The van der Waals surface area contributed by atoms with E-state index >= 15 is 0 Å². The molecule has 100 valence electrons. The first kappa shape index (κ1) is 14.6. The van der Waals surface area contributed by atoms with Gasteiger partial charge >= 0.3 is 0 Å². The van der Waals surface area contributed by atoms with Crippen LogP contribution in [0.4, 0.5) is 5.69 Å². The van der Waals surface area contributed by atoms with Crippen LogP contribution in [0, 0.1) is 6.92 Å². The Morgan fingerprint density at radius 2 is 1.63 bits per heavy atom. The maximum Gasteiger partial charge on any atom is 0.261 e. The average molecular weight is 405 g/mol. The van der Waals surface area contributed by atoms with Gasteiger partial charge < -0.3 is 0 Å². The van der Waals surface area contributed by atoms with Crippen LogP contribution in [0.25, 0.3) is 0 Å². The van der Waals surface area contributed by atoms with E-state index < -0.39 is 10.0 Å². The summed E-state index contributed by atoms with van der Waals surface area (Å²) >= 11 is 6.65. The highest BCUT2D eigenvalue weighted by Gasteiger charge is 2.14.